The molecule has 1 heterocycles. The van der Waals surface area contributed by atoms with Crippen molar-refractivity contribution in [3.05, 3.63) is 21.4 Å². The predicted molar refractivity (Wildman–Crippen MR) is 86.3 cm³/mol. The lowest BCUT2D eigenvalue weighted by Gasteiger charge is -2.30. The van der Waals surface area contributed by atoms with Crippen molar-refractivity contribution in [1.82, 2.24) is 0 Å². The lowest BCUT2D eigenvalue weighted by molar-refractivity contribution is 0.0757. The maximum atomic E-state index is 10.7. The summed E-state index contributed by atoms with van der Waals surface area (Å²) in [5.74, 6) is 1.43. The van der Waals surface area contributed by atoms with Crippen LogP contribution >= 0.6 is 11.3 Å². The maximum absolute atomic E-state index is 10.7. The molecule has 0 saturated heterocycles. The zero-order valence-electron chi connectivity index (χ0n) is 12.7. The van der Waals surface area contributed by atoms with Gasteiger partial charge in [-0.15, -0.1) is 11.3 Å². The zero-order chi connectivity index (χ0) is 13.9. The molecule has 20 heavy (non-hydrogen) atoms. The number of aliphatic hydroxyl groups excluding tert-OH is 1. The van der Waals surface area contributed by atoms with Crippen molar-refractivity contribution in [2.24, 2.45) is 11.8 Å². The second-order valence-corrected chi connectivity index (χ2v) is 7.96. The minimum Gasteiger partial charge on any atom is -0.387 e. The van der Waals surface area contributed by atoms with Crippen LogP contribution in [-0.2, 0) is 12.8 Å². The maximum Gasteiger partial charge on any atom is 0.0910 e. The first-order valence-corrected chi connectivity index (χ1v) is 9.39. The van der Waals surface area contributed by atoms with Gasteiger partial charge in [0.25, 0.3) is 0 Å². The molecule has 0 aliphatic heterocycles. The molecule has 1 saturated carbocycles. The van der Waals surface area contributed by atoms with E-state index in [1.807, 2.05) is 11.3 Å². The van der Waals surface area contributed by atoms with Gasteiger partial charge >= 0.3 is 0 Å². The quantitative estimate of drug-likeness (QED) is 0.753. The minimum atomic E-state index is -0.190. The fourth-order valence-electron chi connectivity index (χ4n) is 3.98. The van der Waals surface area contributed by atoms with E-state index in [9.17, 15) is 5.11 Å². The third-order valence-corrected chi connectivity index (χ3v) is 6.78. The van der Waals surface area contributed by atoms with Crippen molar-refractivity contribution >= 4 is 11.3 Å². The Hall–Kier alpha value is -0.340. The van der Waals surface area contributed by atoms with Crippen LogP contribution in [0.3, 0.4) is 0 Å². The van der Waals surface area contributed by atoms with E-state index in [-0.39, 0.29) is 6.10 Å². The molecule has 1 unspecified atom stereocenters. The number of hydrogen-bond acceptors (Lipinski definition) is 2. The highest BCUT2D eigenvalue weighted by Gasteiger charge is 2.28. The topological polar surface area (TPSA) is 20.2 Å². The Bertz CT molecular complexity index is 405. The molecule has 1 atom stereocenters. The van der Waals surface area contributed by atoms with Crippen LogP contribution in [0.2, 0.25) is 0 Å². The van der Waals surface area contributed by atoms with Gasteiger partial charge in [-0.05, 0) is 62.0 Å². The molecule has 112 valence electrons. The van der Waals surface area contributed by atoms with Crippen molar-refractivity contribution in [3.8, 4) is 0 Å². The van der Waals surface area contributed by atoms with E-state index in [2.05, 4.69) is 13.0 Å². The number of hydrogen-bond donors (Lipinski definition) is 1. The zero-order valence-corrected chi connectivity index (χ0v) is 13.6. The number of aryl methyl sites for hydroxylation is 2. The van der Waals surface area contributed by atoms with Crippen LogP contribution in [-0.4, -0.2) is 5.11 Å². The lowest BCUT2D eigenvalue weighted by Crippen LogP contribution is -2.19. The first-order chi connectivity index (χ1) is 9.78. The van der Waals surface area contributed by atoms with Crippen molar-refractivity contribution < 1.29 is 5.11 Å². The molecule has 3 rings (SSSR count). The third-order valence-electron chi connectivity index (χ3n) is 5.47. The molecule has 0 radical (unpaired) electrons. The fraction of sp³-hybridized carbons (Fsp3) is 0.778. The molecular weight excluding hydrogens is 264 g/mol. The monoisotopic (exact) mass is 292 g/mol. The fourth-order valence-corrected chi connectivity index (χ4v) is 5.32. The van der Waals surface area contributed by atoms with Gasteiger partial charge in [0.2, 0.25) is 0 Å². The number of thiophene rings is 1. The second-order valence-electron chi connectivity index (χ2n) is 6.79. The number of fused-ring (bicyclic) bond motifs is 1. The van der Waals surface area contributed by atoms with E-state index in [0.717, 1.165) is 5.92 Å². The Morgan fingerprint density at radius 2 is 1.90 bits per heavy atom. The van der Waals surface area contributed by atoms with Crippen LogP contribution in [0.4, 0.5) is 0 Å². The molecule has 2 aliphatic rings. The van der Waals surface area contributed by atoms with Gasteiger partial charge < -0.3 is 5.11 Å². The van der Waals surface area contributed by atoms with E-state index in [1.165, 1.54) is 69.1 Å². The third kappa shape index (κ3) is 3.12. The van der Waals surface area contributed by atoms with Gasteiger partial charge in [0, 0.05) is 9.75 Å². The van der Waals surface area contributed by atoms with Crippen LogP contribution in [0, 0.1) is 11.8 Å². The Morgan fingerprint density at radius 3 is 2.65 bits per heavy atom. The molecule has 0 spiro atoms. The molecule has 1 fully saturated rings. The summed E-state index contributed by atoms with van der Waals surface area (Å²) in [6.45, 7) is 2.30. The number of aliphatic hydroxyl groups is 1. The van der Waals surface area contributed by atoms with Gasteiger partial charge in [-0.1, -0.05) is 32.6 Å². The molecule has 0 aromatic carbocycles. The Morgan fingerprint density at radius 1 is 1.15 bits per heavy atom. The van der Waals surface area contributed by atoms with Gasteiger partial charge in [-0.25, -0.2) is 0 Å². The summed E-state index contributed by atoms with van der Waals surface area (Å²) in [4.78, 5) is 2.83. The van der Waals surface area contributed by atoms with E-state index >= 15 is 0 Å². The van der Waals surface area contributed by atoms with Crippen molar-refractivity contribution in [2.75, 3.05) is 0 Å². The van der Waals surface area contributed by atoms with Gasteiger partial charge in [0.05, 0.1) is 6.10 Å². The summed E-state index contributed by atoms with van der Waals surface area (Å²) in [6, 6.07) is 2.34. The summed E-state index contributed by atoms with van der Waals surface area (Å²) in [5, 5.41) is 10.7. The Balaban J connectivity index is 1.67. The van der Waals surface area contributed by atoms with E-state index < -0.39 is 0 Å². The number of rotatable bonds is 3. The standard InChI is InChI=1S/C18H28OS/c1-2-13-8-10-14(11-9-13)18(19)17-12-15-6-4-3-5-7-16(15)20-17/h12-14,18-19H,2-11H2,1H3. The summed E-state index contributed by atoms with van der Waals surface area (Å²) in [7, 11) is 0. The average molecular weight is 292 g/mol. The summed E-state index contributed by atoms with van der Waals surface area (Å²) < 4.78 is 0. The van der Waals surface area contributed by atoms with Crippen LogP contribution in [0.25, 0.3) is 0 Å². The van der Waals surface area contributed by atoms with Crippen LogP contribution in [0.1, 0.15) is 79.7 Å². The highest BCUT2D eigenvalue weighted by molar-refractivity contribution is 7.12. The Kier molecular flexibility index (Phi) is 4.83. The van der Waals surface area contributed by atoms with Gasteiger partial charge in [-0.3, -0.25) is 0 Å². The van der Waals surface area contributed by atoms with Gasteiger partial charge in [0.15, 0.2) is 0 Å². The summed E-state index contributed by atoms with van der Waals surface area (Å²) in [5.41, 5.74) is 1.55. The molecule has 2 aliphatic carbocycles. The molecule has 1 aromatic rings. The molecule has 1 nitrogen and oxygen atoms in total. The molecule has 0 amide bonds. The smallest absolute Gasteiger partial charge is 0.0910 e. The highest BCUT2D eigenvalue weighted by Crippen LogP contribution is 2.41. The minimum absolute atomic E-state index is 0.190. The van der Waals surface area contributed by atoms with Crippen LogP contribution in [0.15, 0.2) is 6.07 Å². The average Bonchev–Trinajstić information content (AvgIpc) is 2.77. The first-order valence-electron chi connectivity index (χ1n) is 8.57. The van der Waals surface area contributed by atoms with Crippen molar-refractivity contribution in [3.63, 3.8) is 0 Å². The summed E-state index contributed by atoms with van der Waals surface area (Å²) >= 11 is 1.91. The molecule has 0 bridgehead atoms. The lowest BCUT2D eigenvalue weighted by atomic mass is 9.78. The van der Waals surface area contributed by atoms with E-state index in [4.69, 9.17) is 0 Å². The van der Waals surface area contributed by atoms with E-state index in [1.54, 1.807) is 10.4 Å². The highest BCUT2D eigenvalue weighted by atomic mass is 32.1. The SMILES string of the molecule is CCC1CCC(C(O)c2cc3c(s2)CCCCC3)CC1. The summed E-state index contributed by atoms with van der Waals surface area (Å²) in [6.07, 6.45) is 12.7. The largest absolute Gasteiger partial charge is 0.387 e. The molecule has 1 N–H and O–H groups in total. The van der Waals surface area contributed by atoms with E-state index in [0.29, 0.717) is 5.92 Å². The van der Waals surface area contributed by atoms with Crippen molar-refractivity contribution in [1.29, 1.82) is 0 Å². The molecule has 1 aromatic heterocycles. The molecule has 2 heteroatoms. The van der Waals surface area contributed by atoms with Crippen LogP contribution < -0.4 is 0 Å². The van der Waals surface area contributed by atoms with Gasteiger partial charge in [0.1, 0.15) is 0 Å². The van der Waals surface area contributed by atoms with Crippen LogP contribution in [0.5, 0.6) is 0 Å². The normalized spacial score (nSPS) is 28.7. The molecular formula is C18H28OS. The second kappa shape index (κ2) is 6.62. The Labute approximate surface area is 127 Å². The van der Waals surface area contributed by atoms with Gasteiger partial charge in [-0.2, -0.15) is 0 Å². The van der Waals surface area contributed by atoms with Crippen molar-refractivity contribution in [2.45, 2.75) is 77.2 Å². The predicted octanol–water partition coefficient (Wildman–Crippen LogP) is 5.27. The first kappa shape index (κ1) is 14.6.